The van der Waals surface area contributed by atoms with E-state index in [1.54, 1.807) is 0 Å². The molecular formula is C14H17BrN2. The average molecular weight is 293 g/mol. The van der Waals surface area contributed by atoms with Crippen LogP contribution >= 0.6 is 15.9 Å². The molecule has 1 aromatic carbocycles. The summed E-state index contributed by atoms with van der Waals surface area (Å²) >= 11 is 3.45. The Kier molecular flexibility index (Phi) is 3.73. The normalized spacial score (nSPS) is 19.7. The van der Waals surface area contributed by atoms with Crippen LogP contribution in [0.1, 0.15) is 25.8 Å². The summed E-state index contributed by atoms with van der Waals surface area (Å²) < 4.78 is 0.894. The van der Waals surface area contributed by atoms with Gasteiger partial charge in [-0.1, -0.05) is 13.8 Å². The van der Waals surface area contributed by atoms with Crippen LogP contribution in [0.25, 0.3) is 0 Å². The maximum absolute atomic E-state index is 8.90. The number of anilines is 1. The maximum Gasteiger partial charge on any atom is 0.100 e. The van der Waals surface area contributed by atoms with E-state index in [-0.39, 0.29) is 0 Å². The third-order valence-corrected chi connectivity index (χ3v) is 4.26. The average Bonchev–Trinajstić information content (AvgIpc) is 2.78. The fourth-order valence-corrected chi connectivity index (χ4v) is 2.81. The predicted molar refractivity (Wildman–Crippen MR) is 74.0 cm³/mol. The number of hydrogen-bond donors (Lipinski definition) is 0. The Hall–Kier alpha value is -1.01. The van der Waals surface area contributed by atoms with E-state index >= 15 is 0 Å². The first-order chi connectivity index (χ1) is 8.11. The van der Waals surface area contributed by atoms with Crippen LogP contribution in [0.2, 0.25) is 0 Å². The summed E-state index contributed by atoms with van der Waals surface area (Å²) in [7, 11) is 0. The van der Waals surface area contributed by atoms with E-state index in [0.29, 0.717) is 5.56 Å². The van der Waals surface area contributed by atoms with Crippen LogP contribution in [0, 0.1) is 23.2 Å². The highest BCUT2D eigenvalue weighted by atomic mass is 79.9. The smallest absolute Gasteiger partial charge is 0.100 e. The van der Waals surface area contributed by atoms with Gasteiger partial charge in [0, 0.05) is 23.2 Å². The molecule has 0 bridgehead atoms. The van der Waals surface area contributed by atoms with Crippen molar-refractivity contribution in [3.05, 3.63) is 28.2 Å². The molecule has 0 aromatic heterocycles. The lowest BCUT2D eigenvalue weighted by Gasteiger charge is -2.20. The van der Waals surface area contributed by atoms with E-state index in [1.165, 1.54) is 12.1 Å². The Morgan fingerprint density at radius 3 is 2.76 bits per heavy atom. The molecular weight excluding hydrogens is 276 g/mol. The zero-order valence-corrected chi connectivity index (χ0v) is 11.9. The second-order valence-corrected chi connectivity index (χ2v) is 5.87. The van der Waals surface area contributed by atoms with Gasteiger partial charge in [0.15, 0.2) is 0 Å². The Balaban J connectivity index is 2.15. The van der Waals surface area contributed by atoms with Gasteiger partial charge in [0.1, 0.15) is 6.07 Å². The number of halogens is 1. The molecule has 1 saturated heterocycles. The van der Waals surface area contributed by atoms with Gasteiger partial charge in [0.25, 0.3) is 0 Å². The molecule has 0 saturated carbocycles. The zero-order valence-electron chi connectivity index (χ0n) is 10.3. The van der Waals surface area contributed by atoms with Crippen molar-refractivity contribution in [2.24, 2.45) is 11.8 Å². The molecule has 90 valence electrons. The van der Waals surface area contributed by atoms with Crippen molar-refractivity contribution in [3.63, 3.8) is 0 Å². The van der Waals surface area contributed by atoms with Crippen LogP contribution in [0.4, 0.5) is 5.69 Å². The molecule has 2 nitrogen and oxygen atoms in total. The van der Waals surface area contributed by atoms with E-state index in [2.05, 4.69) is 46.8 Å². The Bertz CT molecular complexity index is 448. The largest absolute Gasteiger partial charge is 0.371 e. The summed E-state index contributed by atoms with van der Waals surface area (Å²) in [5, 5.41) is 8.90. The predicted octanol–water partition coefficient (Wildman–Crippen LogP) is 3.80. The highest BCUT2D eigenvalue weighted by Gasteiger charge is 2.25. The lowest BCUT2D eigenvalue weighted by atomic mass is 9.95. The third-order valence-electron chi connectivity index (χ3n) is 3.61. The topological polar surface area (TPSA) is 27.0 Å². The van der Waals surface area contributed by atoms with Crippen LogP contribution in [0.5, 0.6) is 0 Å². The summed E-state index contributed by atoms with van der Waals surface area (Å²) in [6.45, 7) is 6.85. The van der Waals surface area contributed by atoms with Gasteiger partial charge in [0.2, 0.25) is 0 Å². The lowest BCUT2D eigenvalue weighted by molar-refractivity contribution is 0.423. The first kappa shape index (κ1) is 12.4. The zero-order chi connectivity index (χ0) is 12.4. The Labute approximate surface area is 111 Å². The van der Waals surface area contributed by atoms with Crippen molar-refractivity contribution in [1.82, 2.24) is 0 Å². The second-order valence-electron chi connectivity index (χ2n) is 5.01. The van der Waals surface area contributed by atoms with Crippen LogP contribution in [0.15, 0.2) is 22.7 Å². The van der Waals surface area contributed by atoms with E-state index < -0.39 is 0 Å². The minimum absolute atomic E-state index is 0.702. The quantitative estimate of drug-likeness (QED) is 0.829. The van der Waals surface area contributed by atoms with Crippen molar-refractivity contribution >= 4 is 21.6 Å². The van der Waals surface area contributed by atoms with Gasteiger partial charge in [-0.3, -0.25) is 0 Å². The molecule has 3 heteroatoms. The minimum Gasteiger partial charge on any atom is -0.371 e. The number of benzene rings is 1. The molecule has 1 aromatic rings. The summed E-state index contributed by atoms with van der Waals surface area (Å²) in [6, 6.07) is 8.17. The number of nitrogens with zero attached hydrogens (tertiary/aromatic N) is 2. The van der Waals surface area contributed by atoms with Crippen molar-refractivity contribution in [2.45, 2.75) is 20.3 Å². The van der Waals surface area contributed by atoms with Gasteiger partial charge in [-0.15, -0.1) is 0 Å². The summed E-state index contributed by atoms with van der Waals surface area (Å²) in [4.78, 5) is 2.41. The number of rotatable bonds is 2. The van der Waals surface area contributed by atoms with Gasteiger partial charge >= 0.3 is 0 Å². The molecule has 0 radical (unpaired) electrons. The molecule has 17 heavy (non-hydrogen) atoms. The SMILES string of the molecule is CC(C)C1CCN(c2ccc(C#N)c(Br)c2)C1. The van der Waals surface area contributed by atoms with Gasteiger partial charge in [-0.2, -0.15) is 5.26 Å². The molecule has 2 rings (SSSR count). The van der Waals surface area contributed by atoms with Crippen molar-refractivity contribution in [2.75, 3.05) is 18.0 Å². The molecule has 1 atom stereocenters. The standard InChI is InChI=1S/C14H17BrN2/c1-10(2)12-5-6-17(9-12)13-4-3-11(8-16)14(15)7-13/h3-4,7,10,12H,5-6,9H2,1-2H3. The van der Waals surface area contributed by atoms with Crippen LogP contribution in [0.3, 0.4) is 0 Å². The van der Waals surface area contributed by atoms with Crippen molar-refractivity contribution < 1.29 is 0 Å². The molecule has 0 N–H and O–H groups in total. The second kappa shape index (κ2) is 5.10. The van der Waals surface area contributed by atoms with Gasteiger partial charge < -0.3 is 4.90 Å². The highest BCUT2D eigenvalue weighted by molar-refractivity contribution is 9.10. The molecule has 0 aliphatic carbocycles. The van der Waals surface area contributed by atoms with Gasteiger partial charge in [-0.25, -0.2) is 0 Å². The molecule has 1 aliphatic heterocycles. The lowest BCUT2D eigenvalue weighted by Crippen LogP contribution is -2.21. The monoisotopic (exact) mass is 292 g/mol. The highest BCUT2D eigenvalue weighted by Crippen LogP contribution is 2.30. The number of nitriles is 1. The van der Waals surface area contributed by atoms with Crippen LogP contribution in [-0.2, 0) is 0 Å². The van der Waals surface area contributed by atoms with Crippen LogP contribution < -0.4 is 4.90 Å². The molecule has 1 aliphatic rings. The first-order valence-corrected chi connectivity index (χ1v) is 6.85. The minimum atomic E-state index is 0.702. The van der Waals surface area contributed by atoms with Gasteiger partial charge in [-0.05, 0) is 52.4 Å². The van der Waals surface area contributed by atoms with Crippen molar-refractivity contribution in [1.29, 1.82) is 5.26 Å². The maximum atomic E-state index is 8.90. The van der Waals surface area contributed by atoms with Crippen LogP contribution in [-0.4, -0.2) is 13.1 Å². The fourth-order valence-electron chi connectivity index (χ4n) is 2.36. The summed E-state index contributed by atoms with van der Waals surface area (Å²) in [6.07, 6.45) is 1.27. The molecule has 0 spiro atoms. The van der Waals surface area contributed by atoms with E-state index in [4.69, 9.17) is 5.26 Å². The summed E-state index contributed by atoms with van der Waals surface area (Å²) in [5.74, 6) is 1.55. The van der Waals surface area contributed by atoms with E-state index in [1.807, 2.05) is 12.1 Å². The Morgan fingerprint density at radius 1 is 1.47 bits per heavy atom. The fraction of sp³-hybridized carbons (Fsp3) is 0.500. The van der Waals surface area contributed by atoms with E-state index in [0.717, 1.165) is 29.4 Å². The molecule has 1 heterocycles. The Morgan fingerprint density at radius 2 is 2.24 bits per heavy atom. The molecule has 1 unspecified atom stereocenters. The third kappa shape index (κ3) is 2.63. The molecule has 1 fully saturated rings. The van der Waals surface area contributed by atoms with Gasteiger partial charge in [0.05, 0.1) is 5.56 Å². The van der Waals surface area contributed by atoms with Crippen molar-refractivity contribution in [3.8, 4) is 6.07 Å². The number of hydrogen-bond acceptors (Lipinski definition) is 2. The summed E-state index contributed by atoms with van der Waals surface area (Å²) in [5.41, 5.74) is 1.92. The first-order valence-electron chi connectivity index (χ1n) is 6.06. The van der Waals surface area contributed by atoms with E-state index in [9.17, 15) is 0 Å². The molecule has 0 amide bonds.